The summed E-state index contributed by atoms with van der Waals surface area (Å²) < 4.78 is 0. The first-order chi connectivity index (χ1) is 0. The molecule has 0 spiro atoms. The van der Waals surface area contributed by atoms with Crippen molar-refractivity contribution in [3.63, 3.8) is 0 Å². The summed E-state index contributed by atoms with van der Waals surface area (Å²) in [5.74, 6) is 0. The molecular formula is CdCuSSnZn. The average molecular weight is 392 g/mol. The molecule has 5 heteroatoms. The molecule has 0 heterocycles. The van der Waals surface area contributed by atoms with Gasteiger partial charge >= 0.3 is 0 Å². The standard InChI is InChI=1S/Cd.Cu.S.Sn.Zn. The van der Waals surface area contributed by atoms with Crippen molar-refractivity contribution in [1.82, 2.24) is 0 Å². The van der Waals surface area contributed by atoms with Gasteiger partial charge in [0.15, 0.2) is 0 Å². The van der Waals surface area contributed by atoms with Crippen LogP contribution >= 0.6 is 13.5 Å². The summed E-state index contributed by atoms with van der Waals surface area (Å²) in [5.41, 5.74) is 0. The fraction of sp³-hybridized carbons (Fsp3) is 0. The molecule has 0 N–H and O–H groups in total. The van der Waals surface area contributed by atoms with Gasteiger partial charge < -0.3 is 0 Å². The molecule has 0 atom stereocenters. The van der Waals surface area contributed by atoms with Crippen LogP contribution < -0.4 is 0 Å². The molecule has 0 nitrogen and oxygen atoms in total. The van der Waals surface area contributed by atoms with Crippen molar-refractivity contribution in [3.8, 4) is 0 Å². The molecule has 0 rings (SSSR count). The fourth-order valence-corrected chi connectivity index (χ4v) is 0. The summed E-state index contributed by atoms with van der Waals surface area (Å²) in [7, 11) is 0. The van der Waals surface area contributed by atoms with E-state index in [9.17, 15) is 0 Å². The van der Waals surface area contributed by atoms with Crippen molar-refractivity contribution >= 4 is 37.4 Å². The predicted octanol–water partition coefficient (Wildman–Crippen LogP) is 0.260. The van der Waals surface area contributed by atoms with Crippen molar-refractivity contribution in [2.45, 2.75) is 0 Å². The summed E-state index contributed by atoms with van der Waals surface area (Å²) >= 11 is 0. The molecule has 0 aromatic heterocycles. The van der Waals surface area contributed by atoms with Crippen LogP contribution in [-0.2, 0) is 63.8 Å². The van der Waals surface area contributed by atoms with E-state index in [-0.39, 0.29) is 101 Å². The van der Waals surface area contributed by atoms with Gasteiger partial charge in [-0.1, -0.05) is 0 Å². The Bertz CT molecular complexity index is 11.6. The Kier molecular flexibility index (Phi) is 223. The molecule has 25 valence electrons. The summed E-state index contributed by atoms with van der Waals surface area (Å²) in [6.45, 7) is 0. The zero-order chi connectivity index (χ0) is 0. The van der Waals surface area contributed by atoms with Crippen LogP contribution in [0.5, 0.6) is 0 Å². The molecule has 0 bridgehead atoms. The van der Waals surface area contributed by atoms with Gasteiger partial charge in [0.05, 0.1) is 0 Å². The first-order valence-electron chi connectivity index (χ1n) is 0. The van der Waals surface area contributed by atoms with Crippen LogP contribution in [0.3, 0.4) is 0 Å². The first kappa shape index (κ1) is 41.4. The van der Waals surface area contributed by atoms with Gasteiger partial charge in [0.1, 0.15) is 0 Å². The van der Waals surface area contributed by atoms with Gasteiger partial charge in [0.2, 0.25) is 0 Å². The summed E-state index contributed by atoms with van der Waals surface area (Å²) in [5, 5.41) is 0. The molecule has 0 aliphatic carbocycles. The topological polar surface area (TPSA) is 0 Å². The average Bonchev–Trinajstić information content (AvgIpc) is 0. The van der Waals surface area contributed by atoms with Crippen LogP contribution in [0.4, 0.5) is 0 Å². The zero-order valence-corrected chi connectivity index (χ0v) is 14.2. The molecule has 7 radical (unpaired) electrons. The largest absolute Gasteiger partial charge is 0 e. The van der Waals surface area contributed by atoms with Crippen molar-refractivity contribution in [2.24, 2.45) is 0 Å². The van der Waals surface area contributed by atoms with Crippen LogP contribution in [0.1, 0.15) is 0 Å². The van der Waals surface area contributed by atoms with E-state index in [4.69, 9.17) is 0 Å². The second-order valence-electron chi connectivity index (χ2n) is 0. The second kappa shape index (κ2) is 27.0. The second-order valence-corrected chi connectivity index (χ2v) is 0. The Balaban J connectivity index is 0. The van der Waals surface area contributed by atoms with Crippen molar-refractivity contribution in [3.05, 3.63) is 0 Å². The molecule has 0 fully saturated rings. The van der Waals surface area contributed by atoms with Gasteiger partial charge in [-0.15, -0.1) is 0 Å². The fourth-order valence-electron chi connectivity index (χ4n) is 0. The molecule has 0 aliphatic rings. The molecule has 0 amide bonds. The molecule has 0 saturated carbocycles. The Morgan fingerprint density at radius 1 is 1.00 bits per heavy atom. The summed E-state index contributed by atoms with van der Waals surface area (Å²) in [6.07, 6.45) is 0. The Hall–Kier alpha value is 3.21. The number of hydrogen-bond donors (Lipinski definition) is 0. The van der Waals surface area contributed by atoms with Gasteiger partial charge in [-0.05, 0) is 0 Å². The molecule has 0 aliphatic heterocycles. The van der Waals surface area contributed by atoms with E-state index in [1.807, 2.05) is 0 Å². The van der Waals surface area contributed by atoms with Crippen LogP contribution in [0.25, 0.3) is 0 Å². The number of rotatable bonds is 0. The van der Waals surface area contributed by atoms with Gasteiger partial charge in [-0.3, -0.25) is 0 Å². The molecule has 0 aromatic carbocycles. The minimum absolute atomic E-state index is 0. The van der Waals surface area contributed by atoms with Gasteiger partial charge in [0.25, 0.3) is 0 Å². The van der Waals surface area contributed by atoms with E-state index in [1.165, 1.54) is 0 Å². The van der Waals surface area contributed by atoms with E-state index in [0.29, 0.717) is 0 Å². The Morgan fingerprint density at radius 3 is 1.00 bits per heavy atom. The maximum Gasteiger partial charge on any atom is 0 e. The van der Waals surface area contributed by atoms with Crippen LogP contribution in [0, 0.1) is 0 Å². The van der Waals surface area contributed by atoms with Gasteiger partial charge in [0, 0.05) is 101 Å². The summed E-state index contributed by atoms with van der Waals surface area (Å²) in [6, 6.07) is 0. The Morgan fingerprint density at radius 2 is 1.00 bits per heavy atom. The van der Waals surface area contributed by atoms with E-state index >= 15 is 0 Å². The molecule has 0 saturated heterocycles. The summed E-state index contributed by atoms with van der Waals surface area (Å²) in [4.78, 5) is 0. The molecule has 5 heavy (non-hydrogen) atoms. The smallest absolute Gasteiger partial charge is 0 e. The third-order valence-corrected chi connectivity index (χ3v) is 0. The van der Waals surface area contributed by atoms with E-state index in [1.54, 1.807) is 0 Å². The minimum Gasteiger partial charge on any atom is 0 e. The first-order valence-corrected chi connectivity index (χ1v) is 0. The SMILES string of the molecule is [Cd].[Cu].[S].[Sn].[Zn]. The van der Waals surface area contributed by atoms with Crippen molar-refractivity contribution < 1.29 is 63.8 Å². The molecule has 0 unspecified atom stereocenters. The van der Waals surface area contributed by atoms with Crippen LogP contribution in [0.15, 0.2) is 0 Å². The zero-order valence-electron chi connectivity index (χ0n) is 2.62. The van der Waals surface area contributed by atoms with E-state index in [2.05, 4.69) is 0 Å². The monoisotopic (exact) mass is 393 g/mol. The predicted molar refractivity (Wildman–Crippen MR) is 13.3 cm³/mol. The van der Waals surface area contributed by atoms with E-state index < -0.39 is 0 Å². The Labute approximate surface area is 99.4 Å². The van der Waals surface area contributed by atoms with Crippen molar-refractivity contribution in [1.29, 1.82) is 0 Å². The quantitative estimate of drug-likeness (QED) is 0.519. The van der Waals surface area contributed by atoms with Crippen LogP contribution in [0.2, 0.25) is 0 Å². The third kappa shape index (κ3) is 19.0. The maximum absolute atomic E-state index is 0. The maximum atomic E-state index is 0. The molecular weight excluding hydrogens is 392 g/mol. The molecule has 0 aromatic rings. The van der Waals surface area contributed by atoms with Gasteiger partial charge in [-0.25, -0.2) is 0 Å². The van der Waals surface area contributed by atoms with Crippen molar-refractivity contribution in [2.75, 3.05) is 0 Å². The minimum atomic E-state index is 0. The normalized spacial score (nSPS) is 0. The third-order valence-electron chi connectivity index (χ3n) is 0. The van der Waals surface area contributed by atoms with Gasteiger partial charge in [-0.2, -0.15) is 0 Å². The number of hydrogen-bond acceptors (Lipinski definition) is 0. The van der Waals surface area contributed by atoms with Crippen LogP contribution in [-0.4, -0.2) is 23.9 Å². The van der Waals surface area contributed by atoms with E-state index in [0.717, 1.165) is 0 Å².